The van der Waals surface area contributed by atoms with E-state index in [1.165, 1.54) is 22.5 Å². The van der Waals surface area contributed by atoms with Crippen LogP contribution in [0.25, 0.3) is 0 Å². The van der Waals surface area contributed by atoms with Crippen LogP contribution >= 0.6 is 0 Å². The Morgan fingerprint density at radius 3 is 2.31 bits per heavy atom. The van der Waals surface area contributed by atoms with Gasteiger partial charge in [-0.1, -0.05) is 30.3 Å². The number of ether oxygens (including phenoxy) is 1. The quantitative estimate of drug-likeness (QED) is 0.608. The summed E-state index contributed by atoms with van der Waals surface area (Å²) >= 11 is 0. The molecule has 0 bridgehead atoms. The highest BCUT2D eigenvalue weighted by molar-refractivity contribution is 5.69. The molecule has 6 nitrogen and oxygen atoms in total. The lowest BCUT2D eigenvalue weighted by molar-refractivity contribution is 0.0219. The van der Waals surface area contributed by atoms with Gasteiger partial charge in [0.15, 0.2) is 0 Å². The number of aryl methyl sites for hydroxylation is 1. The molecule has 0 aromatic heterocycles. The van der Waals surface area contributed by atoms with E-state index in [0.717, 1.165) is 32.7 Å². The third-order valence-corrected chi connectivity index (χ3v) is 7.13. The molecule has 2 saturated heterocycles. The van der Waals surface area contributed by atoms with Gasteiger partial charge in [0.1, 0.15) is 5.60 Å². The van der Waals surface area contributed by atoms with E-state index in [0.29, 0.717) is 19.1 Å². The van der Waals surface area contributed by atoms with E-state index in [1.54, 1.807) is 0 Å². The molecule has 2 aliphatic rings. The number of nitrogens with zero attached hydrogens (tertiary/aromatic N) is 4. The van der Waals surface area contributed by atoms with Crippen LogP contribution in [0, 0.1) is 6.92 Å². The Morgan fingerprint density at radius 2 is 1.69 bits per heavy atom. The highest BCUT2D eigenvalue weighted by atomic mass is 16.6. The average Bonchev–Trinajstić information content (AvgIpc) is 2.80. The molecular formula is C29H42N4O2. The highest BCUT2D eigenvalue weighted by Gasteiger charge is 2.30. The number of anilines is 2. The van der Waals surface area contributed by atoms with Crippen molar-refractivity contribution in [1.29, 1.82) is 0 Å². The van der Waals surface area contributed by atoms with Gasteiger partial charge in [-0.05, 0) is 70.9 Å². The SMILES string of the molecule is Cc1cc(N2CCN(C(=O)OC(C)(C)C)C[C@@H]2C)ccc1N1CCN(Cc2ccccc2)[C@@H](C)C1. The first-order valence-corrected chi connectivity index (χ1v) is 13.0. The topological polar surface area (TPSA) is 39.3 Å². The normalized spacial score (nSPS) is 21.8. The van der Waals surface area contributed by atoms with Gasteiger partial charge in [-0.15, -0.1) is 0 Å². The molecule has 0 N–H and O–H groups in total. The van der Waals surface area contributed by atoms with Gasteiger partial charge < -0.3 is 19.4 Å². The molecule has 2 heterocycles. The van der Waals surface area contributed by atoms with Gasteiger partial charge in [-0.2, -0.15) is 0 Å². The van der Waals surface area contributed by atoms with Gasteiger partial charge in [0.2, 0.25) is 0 Å². The van der Waals surface area contributed by atoms with Crippen LogP contribution in [0.4, 0.5) is 16.2 Å². The number of rotatable bonds is 4. The predicted molar refractivity (Wildman–Crippen MR) is 144 cm³/mol. The minimum absolute atomic E-state index is 0.212. The largest absolute Gasteiger partial charge is 0.444 e. The Labute approximate surface area is 211 Å². The molecule has 0 saturated carbocycles. The van der Waals surface area contributed by atoms with E-state index < -0.39 is 5.60 Å². The summed E-state index contributed by atoms with van der Waals surface area (Å²) < 4.78 is 5.58. The lowest BCUT2D eigenvalue weighted by Gasteiger charge is -2.43. The van der Waals surface area contributed by atoms with Gasteiger partial charge in [0.05, 0.1) is 0 Å². The molecule has 2 aromatic carbocycles. The van der Waals surface area contributed by atoms with Crippen molar-refractivity contribution >= 4 is 17.5 Å². The molecule has 2 fully saturated rings. The Hall–Kier alpha value is -2.73. The molecule has 0 spiro atoms. The van der Waals surface area contributed by atoms with Crippen molar-refractivity contribution in [2.75, 3.05) is 49.1 Å². The van der Waals surface area contributed by atoms with Crippen LogP contribution < -0.4 is 9.80 Å². The van der Waals surface area contributed by atoms with Crippen LogP contribution in [0.15, 0.2) is 48.5 Å². The van der Waals surface area contributed by atoms with Crippen molar-refractivity contribution in [1.82, 2.24) is 9.80 Å². The average molecular weight is 479 g/mol. The fourth-order valence-electron chi connectivity index (χ4n) is 5.27. The predicted octanol–water partition coefficient (Wildman–Crippen LogP) is 5.15. The maximum absolute atomic E-state index is 12.5. The molecule has 6 heteroatoms. The number of piperazine rings is 2. The maximum Gasteiger partial charge on any atom is 0.410 e. The second-order valence-electron chi connectivity index (χ2n) is 11.2. The number of hydrogen-bond donors (Lipinski definition) is 0. The first-order chi connectivity index (χ1) is 16.6. The standard InChI is InChI=1S/C29H42N4O2/c1-22-18-26(33-17-16-32(20-24(33)3)28(34)35-29(4,5)6)12-13-27(22)31-15-14-30(23(2)19-31)21-25-10-8-7-9-11-25/h7-13,18,23-24H,14-17,19-21H2,1-6H3/t23-,24-/m0/s1. The summed E-state index contributed by atoms with van der Waals surface area (Å²) in [6.45, 7) is 18.8. The Balaban J connectivity index is 1.36. The molecular weight excluding hydrogens is 436 g/mol. The van der Waals surface area contributed by atoms with Gasteiger partial charge in [0.25, 0.3) is 0 Å². The minimum atomic E-state index is -0.463. The molecule has 0 unspecified atom stereocenters. The Kier molecular flexibility index (Phi) is 7.60. The summed E-state index contributed by atoms with van der Waals surface area (Å²) in [5.74, 6) is 0. The van der Waals surface area contributed by atoms with E-state index >= 15 is 0 Å². The Bertz CT molecular complexity index is 1000. The number of hydrogen-bond acceptors (Lipinski definition) is 5. The second kappa shape index (κ2) is 10.5. The first-order valence-electron chi connectivity index (χ1n) is 13.0. The second-order valence-corrected chi connectivity index (χ2v) is 11.2. The number of carbonyl (C=O) groups is 1. The van der Waals surface area contributed by atoms with Crippen molar-refractivity contribution in [3.63, 3.8) is 0 Å². The summed E-state index contributed by atoms with van der Waals surface area (Å²) in [5, 5.41) is 0. The number of carbonyl (C=O) groups excluding carboxylic acids is 1. The molecule has 0 radical (unpaired) electrons. The zero-order valence-corrected chi connectivity index (χ0v) is 22.3. The fraction of sp³-hybridized carbons (Fsp3) is 0.552. The molecule has 0 aliphatic carbocycles. The van der Waals surface area contributed by atoms with Crippen molar-refractivity contribution in [2.24, 2.45) is 0 Å². The van der Waals surface area contributed by atoms with Gasteiger partial charge in [-0.3, -0.25) is 4.90 Å². The number of amides is 1. The maximum atomic E-state index is 12.5. The van der Waals surface area contributed by atoms with Crippen molar-refractivity contribution in [3.05, 3.63) is 59.7 Å². The van der Waals surface area contributed by atoms with E-state index in [9.17, 15) is 4.79 Å². The highest BCUT2D eigenvalue weighted by Crippen LogP contribution is 2.30. The van der Waals surface area contributed by atoms with Crippen LogP contribution in [0.2, 0.25) is 0 Å². The van der Waals surface area contributed by atoms with Crippen molar-refractivity contribution < 1.29 is 9.53 Å². The van der Waals surface area contributed by atoms with Crippen LogP contribution in [-0.2, 0) is 11.3 Å². The van der Waals surface area contributed by atoms with Crippen LogP contribution in [0.3, 0.4) is 0 Å². The minimum Gasteiger partial charge on any atom is -0.444 e. The molecule has 35 heavy (non-hydrogen) atoms. The summed E-state index contributed by atoms with van der Waals surface area (Å²) in [7, 11) is 0. The lowest BCUT2D eigenvalue weighted by atomic mass is 10.1. The van der Waals surface area contributed by atoms with E-state index in [2.05, 4.69) is 84.0 Å². The molecule has 2 atom stereocenters. The zero-order chi connectivity index (χ0) is 25.2. The van der Waals surface area contributed by atoms with Crippen molar-refractivity contribution in [2.45, 2.75) is 65.8 Å². The summed E-state index contributed by atoms with van der Waals surface area (Å²) in [5.41, 5.74) is 4.80. The zero-order valence-electron chi connectivity index (χ0n) is 22.3. The van der Waals surface area contributed by atoms with Gasteiger partial charge >= 0.3 is 6.09 Å². The van der Waals surface area contributed by atoms with Crippen molar-refractivity contribution in [3.8, 4) is 0 Å². The summed E-state index contributed by atoms with van der Waals surface area (Å²) in [4.78, 5) is 21.9. The fourth-order valence-corrected chi connectivity index (χ4v) is 5.27. The monoisotopic (exact) mass is 478 g/mol. The molecule has 2 aliphatic heterocycles. The van der Waals surface area contributed by atoms with Gasteiger partial charge in [-0.25, -0.2) is 4.79 Å². The summed E-state index contributed by atoms with van der Waals surface area (Å²) in [6, 6.07) is 18.4. The number of benzene rings is 2. The summed E-state index contributed by atoms with van der Waals surface area (Å²) in [6.07, 6.45) is -0.212. The van der Waals surface area contributed by atoms with E-state index in [4.69, 9.17) is 4.74 Å². The van der Waals surface area contributed by atoms with Crippen LogP contribution in [-0.4, -0.2) is 72.8 Å². The third kappa shape index (κ3) is 6.29. The Morgan fingerprint density at radius 1 is 0.943 bits per heavy atom. The first kappa shape index (κ1) is 25.4. The lowest BCUT2D eigenvalue weighted by Crippen LogP contribution is -2.54. The van der Waals surface area contributed by atoms with E-state index in [1.807, 2.05) is 25.7 Å². The molecule has 1 amide bonds. The molecule has 2 aromatic rings. The third-order valence-electron chi connectivity index (χ3n) is 7.13. The van der Waals surface area contributed by atoms with E-state index in [-0.39, 0.29) is 12.1 Å². The van der Waals surface area contributed by atoms with Gasteiger partial charge in [0, 0.05) is 69.3 Å². The molecule has 4 rings (SSSR count). The molecule has 190 valence electrons. The smallest absolute Gasteiger partial charge is 0.410 e. The van der Waals surface area contributed by atoms with Crippen LogP contribution in [0.5, 0.6) is 0 Å². The van der Waals surface area contributed by atoms with Crippen LogP contribution in [0.1, 0.15) is 45.7 Å².